The molecule has 1 aromatic heterocycles. The average Bonchev–Trinajstić information content (AvgIpc) is 2.47. The van der Waals surface area contributed by atoms with E-state index in [0.717, 1.165) is 31.0 Å². The monoisotopic (exact) mass is 167 g/mol. The Hall–Kier alpha value is -0.900. The van der Waals surface area contributed by atoms with Crippen molar-refractivity contribution in [1.82, 2.24) is 14.8 Å². The fourth-order valence-corrected chi connectivity index (χ4v) is 1.68. The fourth-order valence-electron chi connectivity index (χ4n) is 1.68. The predicted molar refractivity (Wildman–Crippen MR) is 43.7 cm³/mol. The van der Waals surface area contributed by atoms with Crippen molar-refractivity contribution in [3.8, 4) is 0 Å². The van der Waals surface area contributed by atoms with Crippen molar-refractivity contribution in [1.29, 1.82) is 0 Å². The van der Waals surface area contributed by atoms with Crippen LogP contribution in [-0.2, 0) is 13.0 Å². The number of rotatable bonds is 1. The summed E-state index contributed by atoms with van der Waals surface area (Å²) in [5, 5.41) is 17.0. The molecule has 0 amide bonds. The molecule has 0 spiro atoms. The minimum atomic E-state index is 0.275. The maximum Gasteiger partial charge on any atom is 0.133 e. The molecule has 2 rings (SSSR count). The Labute approximate surface area is 71.2 Å². The zero-order chi connectivity index (χ0) is 8.55. The zero-order valence-electron chi connectivity index (χ0n) is 7.19. The van der Waals surface area contributed by atoms with Crippen LogP contribution in [0.1, 0.15) is 18.1 Å². The molecule has 0 radical (unpaired) electrons. The van der Waals surface area contributed by atoms with Crippen LogP contribution < -0.4 is 0 Å². The minimum absolute atomic E-state index is 0.275. The largest absolute Gasteiger partial charge is 0.396 e. The van der Waals surface area contributed by atoms with Crippen molar-refractivity contribution in [2.45, 2.75) is 26.3 Å². The van der Waals surface area contributed by atoms with E-state index in [1.165, 1.54) is 0 Å². The first kappa shape index (κ1) is 7.73. The zero-order valence-corrected chi connectivity index (χ0v) is 7.19. The standard InChI is InChI=1S/C8H13N3O/c1-6-9-10-8-3-2-7(5-12)4-11(6)8/h7,12H,2-5H2,1H3/t7-/m0/s1. The molecule has 66 valence electrons. The van der Waals surface area contributed by atoms with Crippen molar-refractivity contribution in [3.63, 3.8) is 0 Å². The van der Waals surface area contributed by atoms with Crippen LogP contribution in [0.25, 0.3) is 0 Å². The van der Waals surface area contributed by atoms with Crippen LogP contribution in [0, 0.1) is 12.8 Å². The van der Waals surface area contributed by atoms with Crippen molar-refractivity contribution in [2.24, 2.45) is 5.92 Å². The Kier molecular flexibility index (Phi) is 1.84. The van der Waals surface area contributed by atoms with E-state index in [-0.39, 0.29) is 6.61 Å². The first-order chi connectivity index (χ1) is 5.81. The molecular formula is C8H13N3O. The van der Waals surface area contributed by atoms with Gasteiger partial charge in [0.1, 0.15) is 11.6 Å². The molecule has 0 fully saturated rings. The molecule has 4 heteroatoms. The normalized spacial score (nSPS) is 22.3. The summed E-state index contributed by atoms with van der Waals surface area (Å²) in [6.07, 6.45) is 1.99. The molecule has 1 aliphatic rings. The van der Waals surface area contributed by atoms with Crippen LogP contribution >= 0.6 is 0 Å². The van der Waals surface area contributed by atoms with Crippen molar-refractivity contribution in [2.75, 3.05) is 6.61 Å². The first-order valence-corrected chi connectivity index (χ1v) is 4.31. The van der Waals surface area contributed by atoms with E-state index in [1.54, 1.807) is 0 Å². The quantitative estimate of drug-likeness (QED) is 0.647. The molecule has 4 nitrogen and oxygen atoms in total. The number of nitrogens with zero attached hydrogens (tertiary/aromatic N) is 3. The van der Waals surface area contributed by atoms with Gasteiger partial charge in [-0.25, -0.2) is 0 Å². The molecule has 1 atom stereocenters. The van der Waals surface area contributed by atoms with Crippen molar-refractivity contribution >= 4 is 0 Å². The van der Waals surface area contributed by atoms with E-state index < -0.39 is 0 Å². The van der Waals surface area contributed by atoms with E-state index in [9.17, 15) is 0 Å². The maximum atomic E-state index is 8.99. The Bertz CT molecular complexity index is 282. The van der Waals surface area contributed by atoms with Gasteiger partial charge in [0.25, 0.3) is 0 Å². The number of hydrogen-bond acceptors (Lipinski definition) is 3. The third-order valence-corrected chi connectivity index (χ3v) is 2.49. The fraction of sp³-hybridized carbons (Fsp3) is 0.750. The summed E-state index contributed by atoms with van der Waals surface area (Å²) < 4.78 is 2.10. The molecule has 0 aliphatic carbocycles. The molecule has 1 N–H and O–H groups in total. The molecule has 2 heterocycles. The highest BCUT2D eigenvalue weighted by Gasteiger charge is 2.20. The molecule has 1 aliphatic heterocycles. The van der Waals surface area contributed by atoms with Gasteiger partial charge in [-0.15, -0.1) is 10.2 Å². The van der Waals surface area contributed by atoms with Gasteiger partial charge in [-0.2, -0.15) is 0 Å². The lowest BCUT2D eigenvalue weighted by atomic mass is 10.0. The van der Waals surface area contributed by atoms with Crippen LogP contribution in [-0.4, -0.2) is 26.5 Å². The number of aromatic nitrogens is 3. The van der Waals surface area contributed by atoms with Gasteiger partial charge in [0.05, 0.1) is 0 Å². The molecule has 0 saturated carbocycles. The Morgan fingerprint density at radius 1 is 1.58 bits per heavy atom. The lowest BCUT2D eigenvalue weighted by Crippen LogP contribution is -2.23. The van der Waals surface area contributed by atoms with Crippen molar-refractivity contribution in [3.05, 3.63) is 11.6 Å². The van der Waals surface area contributed by atoms with Gasteiger partial charge in [0, 0.05) is 25.5 Å². The molecule has 0 aromatic carbocycles. The summed E-state index contributed by atoms with van der Waals surface area (Å²) in [5.74, 6) is 2.42. The molecule has 0 saturated heterocycles. The number of fused-ring (bicyclic) bond motifs is 1. The van der Waals surface area contributed by atoms with Gasteiger partial charge in [0.15, 0.2) is 0 Å². The Morgan fingerprint density at radius 3 is 3.17 bits per heavy atom. The van der Waals surface area contributed by atoms with E-state index in [2.05, 4.69) is 14.8 Å². The van der Waals surface area contributed by atoms with Crippen LogP contribution in [0.3, 0.4) is 0 Å². The lowest BCUT2D eigenvalue weighted by molar-refractivity contribution is 0.190. The first-order valence-electron chi connectivity index (χ1n) is 4.31. The highest BCUT2D eigenvalue weighted by atomic mass is 16.3. The van der Waals surface area contributed by atoms with Gasteiger partial charge < -0.3 is 9.67 Å². The van der Waals surface area contributed by atoms with E-state index in [1.807, 2.05) is 6.92 Å². The van der Waals surface area contributed by atoms with Gasteiger partial charge in [0.2, 0.25) is 0 Å². The van der Waals surface area contributed by atoms with Gasteiger partial charge in [-0.05, 0) is 13.3 Å². The van der Waals surface area contributed by atoms with Crippen molar-refractivity contribution < 1.29 is 5.11 Å². The number of aliphatic hydroxyl groups excluding tert-OH is 1. The summed E-state index contributed by atoms with van der Waals surface area (Å²) in [6, 6.07) is 0. The lowest BCUT2D eigenvalue weighted by Gasteiger charge is -2.21. The minimum Gasteiger partial charge on any atom is -0.396 e. The highest BCUT2D eigenvalue weighted by Crippen LogP contribution is 2.18. The van der Waals surface area contributed by atoms with E-state index in [0.29, 0.717) is 5.92 Å². The second-order valence-electron chi connectivity index (χ2n) is 3.36. The second kappa shape index (κ2) is 2.86. The Balaban J connectivity index is 2.26. The molecular weight excluding hydrogens is 154 g/mol. The summed E-state index contributed by atoms with van der Waals surface area (Å²) >= 11 is 0. The van der Waals surface area contributed by atoms with E-state index in [4.69, 9.17) is 5.11 Å². The molecule has 1 aromatic rings. The smallest absolute Gasteiger partial charge is 0.133 e. The summed E-state index contributed by atoms with van der Waals surface area (Å²) in [7, 11) is 0. The predicted octanol–water partition coefficient (Wildman–Crippen LogP) is 0.141. The molecule has 12 heavy (non-hydrogen) atoms. The SMILES string of the molecule is Cc1nnc2n1C[C@@H](CO)CC2. The van der Waals surface area contributed by atoms with Gasteiger partial charge in [-0.3, -0.25) is 0 Å². The highest BCUT2D eigenvalue weighted by molar-refractivity contribution is 4.97. The summed E-state index contributed by atoms with van der Waals surface area (Å²) in [6.45, 7) is 3.11. The number of aryl methyl sites for hydroxylation is 2. The van der Waals surface area contributed by atoms with E-state index >= 15 is 0 Å². The average molecular weight is 167 g/mol. The molecule has 0 unspecified atom stereocenters. The number of aliphatic hydroxyl groups is 1. The summed E-state index contributed by atoms with van der Waals surface area (Å²) in [5.41, 5.74) is 0. The van der Waals surface area contributed by atoms with Crippen LogP contribution in [0.2, 0.25) is 0 Å². The third-order valence-electron chi connectivity index (χ3n) is 2.49. The van der Waals surface area contributed by atoms with Gasteiger partial charge in [-0.1, -0.05) is 0 Å². The maximum absolute atomic E-state index is 8.99. The Morgan fingerprint density at radius 2 is 2.42 bits per heavy atom. The van der Waals surface area contributed by atoms with Crippen LogP contribution in [0.5, 0.6) is 0 Å². The van der Waals surface area contributed by atoms with Gasteiger partial charge >= 0.3 is 0 Å². The van der Waals surface area contributed by atoms with Crippen LogP contribution in [0.4, 0.5) is 0 Å². The summed E-state index contributed by atoms with van der Waals surface area (Å²) in [4.78, 5) is 0. The third kappa shape index (κ3) is 1.12. The second-order valence-corrected chi connectivity index (χ2v) is 3.36. The molecule has 0 bridgehead atoms. The topological polar surface area (TPSA) is 50.9 Å². The van der Waals surface area contributed by atoms with Crippen LogP contribution in [0.15, 0.2) is 0 Å². The number of hydrogen-bond donors (Lipinski definition) is 1.